The molecule has 72 valence electrons. The molecule has 0 rings (SSSR count). The molecule has 4 nitrogen and oxygen atoms in total. The average Bonchev–Trinajstić information content (AvgIpc) is 1.84. The van der Waals surface area contributed by atoms with E-state index in [4.69, 9.17) is 4.55 Å². The second kappa shape index (κ2) is 8.28. The first kappa shape index (κ1) is 16.4. The molecular formula is C7H13KO4S. The van der Waals surface area contributed by atoms with E-state index in [1.165, 1.54) is 6.08 Å². The summed E-state index contributed by atoms with van der Waals surface area (Å²) in [5, 5.41) is 0. The number of allylic oxidation sites excluding steroid dienone is 2. The molecule has 0 aliphatic carbocycles. The zero-order valence-corrected chi connectivity index (χ0v) is 7.67. The molecule has 0 saturated carbocycles. The van der Waals surface area contributed by atoms with Crippen molar-refractivity contribution in [2.45, 2.75) is 19.8 Å². The van der Waals surface area contributed by atoms with Gasteiger partial charge in [-0.15, -0.1) is 0 Å². The zero-order valence-electron chi connectivity index (χ0n) is 6.86. The van der Waals surface area contributed by atoms with Crippen molar-refractivity contribution in [3.05, 3.63) is 12.2 Å². The summed E-state index contributed by atoms with van der Waals surface area (Å²) in [6, 6.07) is 0. The van der Waals surface area contributed by atoms with E-state index in [-0.39, 0.29) is 75.8 Å². The Bertz CT molecular complexity index is 268. The number of hydrogen-bond acceptors (Lipinski definition) is 3. The van der Waals surface area contributed by atoms with Gasteiger partial charge in [0.25, 0.3) is 10.1 Å². The number of carbonyl (C=O) groups is 1. The first-order valence-electron chi connectivity index (χ1n) is 3.56. The van der Waals surface area contributed by atoms with Crippen molar-refractivity contribution in [3.63, 3.8) is 0 Å². The van der Waals surface area contributed by atoms with Crippen molar-refractivity contribution < 1.29 is 17.8 Å². The Labute approximate surface area is 121 Å². The van der Waals surface area contributed by atoms with Crippen molar-refractivity contribution >= 4 is 67.3 Å². The summed E-state index contributed by atoms with van der Waals surface area (Å²) >= 11 is 0. The standard InChI is InChI=1S/C7H12O4S.K.H/c1-2-4-7(8)5-3-6-12(9,10)11;;/h2,4H,3,5-6H2,1H3,(H,9,10,11);;. The topological polar surface area (TPSA) is 71.4 Å². The molecule has 0 spiro atoms. The SMILES string of the molecule is CC=CC(=O)CCCS(=O)(=O)O.[KH]. The van der Waals surface area contributed by atoms with Gasteiger partial charge in [0.1, 0.15) is 0 Å². The van der Waals surface area contributed by atoms with E-state index in [2.05, 4.69) is 0 Å². The van der Waals surface area contributed by atoms with Gasteiger partial charge in [0.2, 0.25) is 0 Å². The van der Waals surface area contributed by atoms with Crippen LogP contribution in [0.25, 0.3) is 0 Å². The van der Waals surface area contributed by atoms with Gasteiger partial charge in [-0.05, 0) is 19.4 Å². The van der Waals surface area contributed by atoms with Gasteiger partial charge in [-0.3, -0.25) is 9.35 Å². The molecule has 0 fully saturated rings. The fraction of sp³-hybridized carbons (Fsp3) is 0.571. The summed E-state index contributed by atoms with van der Waals surface area (Å²) in [6.07, 6.45) is 3.30. The number of carbonyl (C=O) groups excluding carboxylic acids is 1. The summed E-state index contributed by atoms with van der Waals surface area (Å²) in [6.45, 7) is 1.71. The predicted molar refractivity (Wildman–Crippen MR) is 52.6 cm³/mol. The molecule has 0 aliphatic rings. The fourth-order valence-electron chi connectivity index (χ4n) is 0.698. The van der Waals surface area contributed by atoms with Gasteiger partial charge in [-0.2, -0.15) is 8.42 Å². The van der Waals surface area contributed by atoms with Crippen LogP contribution in [0.4, 0.5) is 0 Å². The second-order valence-electron chi connectivity index (χ2n) is 2.36. The molecule has 0 bridgehead atoms. The monoisotopic (exact) mass is 232 g/mol. The van der Waals surface area contributed by atoms with Crippen LogP contribution in [0.2, 0.25) is 0 Å². The Hall–Kier alpha value is 0.956. The molecule has 13 heavy (non-hydrogen) atoms. The molecule has 1 N–H and O–H groups in total. The van der Waals surface area contributed by atoms with Gasteiger partial charge in [-0.25, -0.2) is 0 Å². The molecule has 0 aromatic rings. The van der Waals surface area contributed by atoms with Gasteiger partial charge < -0.3 is 0 Å². The molecule has 0 aromatic heterocycles. The zero-order chi connectivity index (χ0) is 9.61. The second-order valence-corrected chi connectivity index (χ2v) is 3.93. The summed E-state index contributed by atoms with van der Waals surface area (Å²) < 4.78 is 28.7. The summed E-state index contributed by atoms with van der Waals surface area (Å²) in [7, 11) is -3.91. The van der Waals surface area contributed by atoms with Crippen LogP contribution in [-0.4, -0.2) is 75.9 Å². The molecule has 0 aromatic carbocycles. The summed E-state index contributed by atoms with van der Waals surface area (Å²) in [5.74, 6) is -0.475. The van der Waals surface area contributed by atoms with Crippen LogP contribution in [0, 0.1) is 0 Å². The van der Waals surface area contributed by atoms with Crippen LogP contribution >= 0.6 is 0 Å². The Morgan fingerprint density at radius 1 is 1.46 bits per heavy atom. The average molecular weight is 232 g/mol. The Morgan fingerprint density at radius 2 is 2.00 bits per heavy atom. The van der Waals surface area contributed by atoms with Crippen LogP contribution in [0.5, 0.6) is 0 Å². The Morgan fingerprint density at radius 3 is 2.38 bits per heavy atom. The maximum atomic E-state index is 10.8. The Kier molecular flexibility index (Phi) is 10.4. The third-order valence-corrected chi connectivity index (χ3v) is 1.98. The van der Waals surface area contributed by atoms with E-state index >= 15 is 0 Å². The molecule has 0 amide bonds. The number of ketones is 1. The van der Waals surface area contributed by atoms with Crippen molar-refractivity contribution in [1.82, 2.24) is 0 Å². The van der Waals surface area contributed by atoms with Crippen molar-refractivity contribution in [2.24, 2.45) is 0 Å². The van der Waals surface area contributed by atoms with Crippen LogP contribution in [-0.2, 0) is 14.9 Å². The van der Waals surface area contributed by atoms with E-state index in [1.807, 2.05) is 0 Å². The van der Waals surface area contributed by atoms with E-state index in [1.54, 1.807) is 13.0 Å². The first-order valence-corrected chi connectivity index (χ1v) is 5.17. The van der Waals surface area contributed by atoms with E-state index in [0.29, 0.717) is 0 Å². The first-order chi connectivity index (χ1) is 5.45. The summed E-state index contributed by atoms with van der Waals surface area (Å²) in [5.41, 5.74) is 0. The third-order valence-electron chi connectivity index (χ3n) is 1.18. The van der Waals surface area contributed by atoms with E-state index < -0.39 is 10.1 Å². The van der Waals surface area contributed by atoms with Gasteiger partial charge in [0.05, 0.1) is 5.75 Å². The van der Waals surface area contributed by atoms with E-state index in [0.717, 1.165) is 0 Å². The van der Waals surface area contributed by atoms with Crippen LogP contribution in [0.15, 0.2) is 12.2 Å². The third kappa shape index (κ3) is 13.0. The van der Waals surface area contributed by atoms with E-state index in [9.17, 15) is 13.2 Å². The van der Waals surface area contributed by atoms with Gasteiger partial charge in [-0.1, -0.05) is 6.08 Å². The maximum absolute atomic E-state index is 10.8. The molecule has 0 saturated heterocycles. The van der Waals surface area contributed by atoms with Crippen molar-refractivity contribution in [1.29, 1.82) is 0 Å². The predicted octanol–water partition coefficient (Wildman–Crippen LogP) is 0.151. The number of rotatable bonds is 5. The Balaban J connectivity index is 0. The molecule has 6 heteroatoms. The fourth-order valence-corrected chi connectivity index (χ4v) is 1.21. The molecular weight excluding hydrogens is 219 g/mol. The van der Waals surface area contributed by atoms with Gasteiger partial charge in [0, 0.05) is 6.42 Å². The van der Waals surface area contributed by atoms with Crippen molar-refractivity contribution in [3.8, 4) is 0 Å². The van der Waals surface area contributed by atoms with Crippen molar-refractivity contribution in [2.75, 3.05) is 5.75 Å². The minimum atomic E-state index is -3.91. The molecule has 0 radical (unpaired) electrons. The van der Waals surface area contributed by atoms with Crippen LogP contribution in [0.3, 0.4) is 0 Å². The molecule has 0 atom stereocenters. The minimum absolute atomic E-state index is 0. The van der Waals surface area contributed by atoms with Gasteiger partial charge >= 0.3 is 51.4 Å². The molecule has 0 heterocycles. The molecule has 0 unspecified atom stereocenters. The van der Waals surface area contributed by atoms with Crippen LogP contribution < -0.4 is 0 Å². The number of hydrogen-bond donors (Lipinski definition) is 1. The van der Waals surface area contributed by atoms with Crippen LogP contribution in [0.1, 0.15) is 19.8 Å². The quantitative estimate of drug-likeness (QED) is 0.416. The van der Waals surface area contributed by atoms with Gasteiger partial charge in [0.15, 0.2) is 5.78 Å². The normalized spacial score (nSPS) is 11.2. The molecule has 0 aliphatic heterocycles. The summed E-state index contributed by atoms with van der Waals surface area (Å²) in [4.78, 5) is 10.8.